The van der Waals surface area contributed by atoms with Crippen LogP contribution in [0.3, 0.4) is 0 Å². The number of likely N-dealkylation sites (N-methyl/N-ethyl adjacent to an activating group) is 1. The molecular weight excluding hydrogens is 371 g/mol. The van der Waals surface area contributed by atoms with Gasteiger partial charge in [-0.15, -0.1) is 0 Å². The van der Waals surface area contributed by atoms with Crippen molar-refractivity contribution in [3.8, 4) is 0 Å². The molecule has 6 heteroatoms. The Labute approximate surface area is 162 Å². The van der Waals surface area contributed by atoms with Gasteiger partial charge in [-0.1, -0.05) is 47.5 Å². The first-order chi connectivity index (χ1) is 12.4. The summed E-state index contributed by atoms with van der Waals surface area (Å²) >= 11 is 12.2. The van der Waals surface area contributed by atoms with Gasteiger partial charge in [0.2, 0.25) is 0 Å². The maximum absolute atomic E-state index is 13.0. The van der Waals surface area contributed by atoms with Crippen LogP contribution in [0.5, 0.6) is 0 Å². The normalized spacial score (nSPS) is 14.4. The van der Waals surface area contributed by atoms with E-state index in [-0.39, 0.29) is 17.3 Å². The molecule has 1 aliphatic rings. The standard InChI is InChI=1S/C20H18Cl2N2O2/c1-3-23(16-6-4-5-13(2)11-16)18-17(22)19(25)24(20(18)26)12-14-7-9-15(21)10-8-14/h4-11H,3,12H2,1-2H3. The number of aryl methyl sites for hydroxylation is 1. The first-order valence-corrected chi connectivity index (χ1v) is 9.02. The Morgan fingerprint density at radius 2 is 1.69 bits per heavy atom. The predicted molar refractivity (Wildman–Crippen MR) is 104 cm³/mol. The highest BCUT2D eigenvalue weighted by Crippen LogP contribution is 2.31. The van der Waals surface area contributed by atoms with Crippen molar-refractivity contribution in [2.75, 3.05) is 11.4 Å². The maximum Gasteiger partial charge on any atom is 0.279 e. The Balaban J connectivity index is 1.91. The molecule has 3 rings (SSSR count). The molecule has 0 saturated heterocycles. The van der Waals surface area contributed by atoms with Gasteiger partial charge in [0.25, 0.3) is 11.8 Å². The quantitative estimate of drug-likeness (QED) is 0.708. The summed E-state index contributed by atoms with van der Waals surface area (Å²) in [6, 6.07) is 14.8. The van der Waals surface area contributed by atoms with Crippen molar-refractivity contribution in [3.05, 3.63) is 75.4 Å². The van der Waals surface area contributed by atoms with Gasteiger partial charge in [-0.05, 0) is 49.2 Å². The van der Waals surface area contributed by atoms with Crippen molar-refractivity contribution in [2.24, 2.45) is 0 Å². The number of nitrogens with zero attached hydrogens (tertiary/aromatic N) is 2. The Hall–Kier alpha value is -2.30. The van der Waals surface area contributed by atoms with Gasteiger partial charge in [0.1, 0.15) is 10.7 Å². The van der Waals surface area contributed by atoms with E-state index in [0.717, 1.165) is 16.8 Å². The first kappa shape index (κ1) is 18.5. The molecule has 1 heterocycles. The van der Waals surface area contributed by atoms with Crippen LogP contribution in [0.15, 0.2) is 59.3 Å². The minimum Gasteiger partial charge on any atom is -0.336 e. The Kier molecular flexibility index (Phi) is 5.35. The molecule has 2 aromatic carbocycles. The van der Waals surface area contributed by atoms with Gasteiger partial charge in [0.05, 0.1) is 6.54 Å². The number of anilines is 1. The van der Waals surface area contributed by atoms with Crippen molar-refractivity contribution < 1.29 is 9.59 Å². The van der Waals surface area contributed by atoms with Crippen molar-refractivity contribution >= 4 is 40.7 Å². The molecule has 0 fully saturated rings. The number of hydrogen-bond acceptors (Lipinski definition) is 3. The molecule has 0 atom stereocenters. The summed E-state index contributed by atoms with van der Waals surface area (Å²) in [7, 11) is 0. The molecule has 0 bridgehead atoms. The molecule has 0 radical (unpaired) electrons. The van der Waals surface area contributed by atoms with Crippen LogP contribution < -0.4 is 4.90 Å². The summed E-state index contributed by atoms with van der Waals surface area (Å²) < 4.78 is 0. The number of imide groups is 1. The maximum atomic E-state index is 13.0. The van der Waals surface area contributed by atoms with Crippen molar-refractivity contribution in [1.82, 2.24) is 4.90 Å². The van der Waals surface area contributed by atoms with Crippen LogP contribution in [0.25, 0.3) is 0 Å². The number of benzene rings is 2. The largest absolute Gasteiger partial charge is 0.336 e. The molecule has 1 aliphatic heterocycles. The lowest BCUT2D eigenvalue weighted by Gasteiger charge is -2.24. The lowest BCUT2D eigenvalue weighted by molar-refractivity contribution is -0.138. The van der Waals surface area contributed by atoms with Gasteiger partial charge in [0.15, 0.2) is 0 Å². The minimum absolute atomic E-state index is 0.0488. The van der Waals surface area contributed by atoms with Gasteiger partial charge in [-0.2, -0.15) is 0 Å². The number of carbonyl (C=O) groups excluding carboxylic acids is 2. The van der Waals surface area contributed by atoms with Gasteiger partial charge in [0, 0.05) is 17.3 Å². The third-order valence-corrected chi connectivity index (χ3v) is 4.83. The predicted octanol–water partition coefficient (Wildman–Crippen LogP) is 4.49. The SMILES string of the molecule is CCN(C1=C(Cl)C(=O)N(Cc2ccc(Cl)cc2)C1=O)c1cccc(C)c1. The Morgan fingerprint density at radius 1 is 1.00 bits per heavy atom. The molecule has 0 unspecified atom stereocenters. The molecule has 2 amide bonds. The lowest BCUT2D eigenvalue weighted by Crippen LogP contribution is -2.34. The number of rotatable bonds is 5. The van der Waals surface area contributed by atoms with Crippen molar-refractivity contribution in [2.45, 2.75) is 20.4 Å². The zero-order valence-electron chi connectivity index (χ0n) is 14.5. The summed E-state index contributed by atoms with van der Waals surface area (Å²) in [4.78, 5) is 28.5. The molecule has 134 valence electrons. The van der Waals surface area contributed by atoms with Crippen molar-refractivity contribution in [1.29, 1.82) is 0 Å². The molecule has 26 heavy (non-hydrogen) atoms. The zero-order chi connectivity index (χ0) is 18.8. The van der Waals surface area contributed by atoms with Crippen molar-refractivity contribution in [3.63, 3.8) is 0 Å². The smallest absolute Gasteiger partial charge is 0.279 e. The van der Waals surface area contributed by atoms with Gasteiger partial charge in [-0.3, -0.25) is 14.5 Å². The highest BCUT2D eigenvalue weighted by Gasteiger charge is 2.40. The van der Waals surface area contributed by atoms with E-state index in [0.29, 0.717) is 11.6 Å². The highest BCUT2D eigenvalue weighted by molar-refractivity contribution is 6.48. The van der Waals surface area contributed by atoms with Crippen LogP contribution in [0.2, 0.25) is 5.02 Å². The van der Waals surface area contributed by atoms with Crippen LogP contribution >= 0.6 is 23.2 Å². The fourth-order valence-corrected chi connectivity index (χ4v) is 3.36. The highest BCUT2D eigenvalue weighted by atomic mass is 35.5. The van der Waals surface area contributed by atoms with E-state index in [1.807, 2.05) is 38.1 Å². The molecule has 0 saturated carbocycles. The Morgan fingerprint density at radius 3 is 2.31 bits per heavy atom. The van der Waals surface area contributed by atoms with Gasteiger partial charge in [-0.25, -0.2) is 0 Å². The van der Waals surface area contributed by atoms with E-state index in [4.69, 9.17) is 23.2 Å². The van der Waals surface area contributed by atoms with E-state index in [1.54, 1.807) is 29.2 Å². The van der Waals surface area contributed by atoms with Crippen LogP contribution in [0, 0.1) is 6.92 Å². The average molecular weight is 389 g/mol. The monoisotopic (exact) mass is 388 g/mol. The molecule has 2 aromatic rings. The Bertz CT molecular complexity index is 891. The van der Waals surface area contributed by atoms with Gasteiger partial charge >= 0.3 is 0 Å². The lowest BCUT2D eigenvalue weighted by atomic mass is 10.2. The van der Waals surface area contributed by atoms with Crippen LogP contribution in [-0.2, 0) is 16.1 Å². The zero-order valence-corrected chi connectivity index (χ0v) is 16.0. The molecule has 0 aliphatic carbocycles. The van der Waals surface area contributed by atoms with E-state index < -0.39 is 11.8 Å². The number of carbonyl (C=O) groups is 2. The molecule has 4 nitrogen and oxygen atoms in total. The molecule has 0 aromatic heterocycles. The second-order valence-corrected chi connectivity index (χ2v) is 6.88. The minimum atomic E-state index is -0.479. The van der Waals surface area contributed by atoms with Crippen LogP contribution in [-0.4, -0.2) is 23.3 Å². The van der Waals surface area contributed by atoms with E-state index in [1.165, 1.54) is 4.90 Å². The molecule has 0 N–H and O–H groups in total. The van der Waals surface area contributed by atoms with Crippen LogP contribution in [0.4, 0.5) is 5.69 Å². The third kappa shape index (κ3) is 3.48. The average Bonchev–Trinajstić information content (AvgIpc) is 2.82. The summed E-state index contributed by atoms with van der Waals surface area (Å²) in [5, 5.41) is 0.550. The fraction of sp³-hybridized carbons (Fsp3) is 0.200. The van der Waals surface area contributed by atoms with E-state index in [9.17, 15) is 9.59 Å². The van der Waals surface area contributed by atoms with Gasteiger partial charge < -0.3 is 4.90 Å². The number of amides is 2. The van der Waals surface area contributed by atoms with E-state index in [2.05, 4.69) is 0 Å². The second-order valence-electron chi connectivity index (χ2n) is 6.07. The summed E-state index contributed by atoms with van der Waals surface area (Å²) in [5.41, 5.74) is 2.92. The number of hydrogen-bond donors (Lipinski definition) is 0. The second kappa shape index (κ2) is 7.52. The molecular formula is C20H18Cl2N2O2. The fourth-order valence-electron chi connectivity index (χ4n) is 2.95. The number of halogens is 2. The first-order valence-electron chi connectivity index (χ1n) is 8.27. The third-order valence-electron chi connectivity index (χ3n) is 4.24. The molecule has 0 spiro atoms. The summed E-state index contributed by atoms with van der Waals surface area (Å²) in [5.74, 6) is -0.869. The van der Waals surface area contributed by atoms with Crippen LogP contribution in [0.1, 0.15) is 18.1 Å². The summed E-state index contributed by atoms with van der Waals surface area (Å²) in [6.07, 6.45) is 0. The topological polar surface area (TPSA) is 40.6 Å². The summed E-state index contributed by atoms with van der Waals surface area (Å²) in [6.45, 7) is 4.56. The van der Waals surface area contributed by atoms with E-state index >= 15 is 0 Å².